The summed E-state index contributed by atoms with van der Waals surface area (Å²) in [4.78, 5) is 7.15. The first-order valence-electron chi connectivity index (χ1n) is 9.20. The first-order valence-corrected chi connectivity index (χ1v) is 9.20. The number of hydrogen-bond acceptors (Lipinski definition) is 3. The van der Waals surface area contributed by atoms with Crippen LogP contribution in [-0.2, 0) is 17.9 Å². The maximum Gasteiger partial charge on any atom is 0.191 e. The van der Waals surface area contributed by atoms with Crippen molar-refractivity contribution in [3.8, 4) is 0 Å². The number of ether oxygens (including phenoxy) is 1. The van der Waals surface area contributed by atoms with Crippen molar-refractivity contribution in [1.82, 2.24) is 15.5 Å². The van der Waals surface area contributed by atoms with Gasteiger partial charge in [0.25, 0.3) is 0 Å². The molecule has 1 atom stereocenters. The van der Waals surface area contributed by atoms with Gasteiger partial charge in [0.05, 0.1) is 13.2 Å². The fraction of sp³-hybridized carbons (Fsp3) is 0.632. The monoisotopic (exact) mass is 478 g/mol. The van der Waals surface area contributed by atoms with Crippen molar-refractivity contribution < 1.29 is 9.13 Å². The minimum absolute atomic E-state index is 0. The third-order valence-corrected chi connectivity index (χ3v) is 4.58. The van der Waals surface area contributed by atoms with Gasteiger partial charge in [0, 0.05) is 31.8 Å². The predicted octanol–water partition coefficient (Wildman–Crippen LogP) is 3.13. The van der Waals surface area contributed by atoms with Gasteiger partial charge in [0.1, 0.15) is 5.82 Å². The highest BCUT2D eigenvalue weighted by atomic mass is 127. The molecule has 0 radical (unpaired) electrons. The van der Waals surface area contributed by atoms with Crippen molar-refractivity contribution in [3.63, 3.8) is 0 Å². The number of hydrogen-bond donors (Lipinski definition) is 2. The Morgan fingerprint density at radius 1 is 1.35 bits per heavy atom. The van der Waals surface area contributed by atoms with Gasteiger partial charge in [-0.25, -0.2) is 9.38 Å². The van der Waals surface area contributed by atoms with Crippen LogP contribution in [0.15, 0.2) is 23.2 Å². The first kappa shape index (κ1) is 23.1. The molecule has 0 saturated carbocycles. The van der Waals surface area contributed by atoms with Gasteiger partial charge in [-0.1, -0.05) is 13.0 Å². The number of rotatable bonds is 8. The van der Waals surface area contributed by atoms with Crippen molar-refractivity contribution in [2.45, 2.75) is 45.9 Å². The second-order valence-electron chi connectivity index (χ2n) is 6.36. The largest absolute Gasteiger partial charge is 0.380 e. The van der Waals surface area contributed by atoms with Crippen molar-refractivity contribution in [2.24, 2.45) is 4.99 Å². The zero-order valence-electron chi connectivity index (χ0n) is 16.1. The van der Waals surface area contributed by atoms with Crippen LogP contribution in [0.5, 0.6) is 0 Å². The normalized spacial score (nSPS) is 17.8. The second-order valence-corrected chi connectivity index (χ2v) is 6.36. The highest BCUT2D eigenvalue weighted by Crippen LogP contribution is 2.15. The van der Waals surface area contributed by atoms with Gasteiger partial charge < -0.3 is 15.4 Å². The van der Waals surface area contributed by atoms with E-state index in [0.29, 0.717) is 18.2 Å². The molecule has 7 heteroatoms. The highest BCUT2D eigenvalue weighted by molar-refractivity contribution is 14.0. The molecule has 26 heavy (non-hydrogen) atoms. The van der Waals surface area contributed by atoms with E-state index in [2.05, 4.69) is 34.4 Å². The summed E-state index contributed by atoms with van der Waals surface area (Å²) in [7, 11) is 1.57. The summed E-state index contributed by atoms with van der Waals surface area (Å²) in [5.41, 5.74) is 1.54. The van der Waals surface area contributed by atoms with Gasteiger partial charge in [-0.2, -0.15) is 0 Å². The number of guanidine groups is 1. The first-order chi connectivity index (χ1) is 12.2. The molecule has 1 aliphatic heterocycles. The number of halogens is 2. The Labute approximate surface area is 173 Å². The van der Waals surface area contributed by atoms with Crippen LogP contribution in [0.1, 0.15) is 37.8 Å². The van der Waals surface area contributed by atoms with Crippen LogP contribution >= 0.6 is 24.0 Å². The molecule has 1 unspecified atom stereocenters. The molecule has 0 bridgehead atoms. The Morgan fingerprint density at radius 2 is 2.15 bits per heavy atom. The van der Waals surface area contributed by atoms with Gasteiger partial charge in [-0.15, -0.1) is 24.0 Å². The smallest absolute Gasteiger partial charge is 0.191 e. The summed E-state index contributed by atoms with van der Waals surface area (Å²) < 4.78 is 18.7. The molecule has 2 rings (SSSR count). The van der Waals surface area contributed by atoms with E-state index < -0.39 is 0 Å². The third-order valence-electron chi connectivity index (χ3n) is 4.58. The average molecular weight is 478 g/mol. The standard InChI is InChI=1S/C19H31FN4O.HI/c1-4-21-19(23-13-17-7-6-10-24(17)5-2)22-12-15-8-9-18(20)16(11-15)14-25-3;/h8-9,11,17H,4-7,10,12-14H2,1-3H3,(H2,21,22,23);1H. The fourth-order valence-electron chi connectivity index (χ4n) is 3.26. The lowest BCUT2D eigenvalue weighted by atomic mass is 10.1. The molecule has 2 N–H and O–H groups in total. The average Bonchev–Trinajstić information content (AvgIpc) is 3.07. The Morgan fingerprint density at radius 3 is 2.85 bits per heavy atom. The van der Waals surface area contributed by atoms with Gasteiger partial charge in [-0.3, -0.25) is 4.90 Å². The summed E-state index contributed by atoms with van der Waals surface area (Å²) in [5.74, 6) is 0.573. The van der Waals surface area contributed by atoms with E-state index in [1.165, 1.54) is 25.5 Å². The number of methoxy groups -OCH3 is 1. The van der Waals surface area contributed by atoms with E-state index >= 15 is 0 Å². The number of benzene rings is 1. The van der Waals surface area contributed by atoms with Crippen LogP contribution in [0.4, 0.5) is 4.39 Å². The molecule has 1 aliphatic rings. The zero-order chi connectivity index (χ0) is 18.1. The van der Waals surface area contributed by atoms with E-state index in [1.807, 2.05) is 6.07 Å². The minimum atomic E-state index is -0.236. The predicted molar refractivity (Wildman–Crippen MR) is 116 cm³/mol. The van der Waals surface area contributed by atoms with Gasteiger partial charge in [0.15, 0.2) is 5.96 Å². The number of aliphatic imine (C=N–C) groups is 1. The molecule has 1 fully saturated rings. The molecule has 0 amide bonds. The molecule has 1 heterocycles. The minimum Gasteiger partial charge on any atom is -0.380 e. The summed E-state index contributed by atoms with van der Waals surface area (Å²) >= 11 is 0. The van der Waals surface area contributed by atoms with Gasteiger partial charge in [-0.05, 0) is 50.6 Å². The van der Waals surface area contributed by atoms with Crippen LogP contribution in [0.2, 0.25) is 0 Å². The van der Waals surface area contributed by atoms with Crippen molar-refractivity contribution in [1.29, 1.82) is 0 Å². The Bertz CT molecular complexity index is 570. The summed E-state index contributed by atoms with van der Waals surface area (Å²) in [5, 5.41) is 6.73. The number of likely N-dealkylation sites (tertiary alicyclic amines) is 1. The maximum atomic E-state index is 13.7. The molecule has 0 aliphatic carbocycles. The number of likely N-dealkylation sites (N-methyl/N-ethyl adjacent to an activating group) is 1. The molecule has 1 saturated heterocycles. The van der Waals surface area contributed by atoms with Crippen LogP contribution in [0.25, 0.3) is 0 Å². The van der Waals surface area contributed by atoms with Crippen LogP contribution in [-0.4, -0.2) is 50.2 Å². The van der Waals surface area contributed by atoms with Crippen molar-refractivity contribution >= 4 is 29.9 Å². The van der Waals surface area contributed by atoms with E-state index in [-0.39, 0.29) is 36.4 Å². The van der Waals surface area contributed by atoms with Crippen molar-refractivity contribution in [2.75, 3.05) is 33.3 Å². The number of nitrogens with zero attached hydrogens (tertiary/aromatic N) is 2. The molecule has 0 spiro atoms. The second kappa shape index (κ2) is 12.5. The van der Waals surface area contributed by atoms with Crippen molar-refractivity contribution in [3.05, 3.63) is 35.1 Å². The summed E-state index contributed by atoms with van der Waals surface area (Å²) in [6, 6.07) is 5.66. The third kappa shape index (κ3) is 7.00. The molecule has 148 valence electrons. The zero-order valence-corrected chi connectivity index (χ0v) is 18.4. The molecular formula is C19H32FIN4O. The Balaban J connectivity index is 0.00000338. The van der Waals surface area contributed by atoms with Gasteiger partial charge >= 0.3 is 0 Å². The molecule has 5 nitrogen and oxygen atoms in total. The fourth-order valence-corrected chi connectivity index (χ4v) is 3.26. The Kier molecular flexibility index (Phi) is 11.1. The summed E-state index contributed by atoms with van der Waals surface area (Å²) in [6.07, 6.45) is 2.50. The van der Waals surface area contributed by atoms with Crippen LogP contribution < -0.4 is 10.6 Å². The maximum absolute atomic E-state index is 13.7. The quantitative estimate of drug-likeness (QED) is 0.343. The SMILES string of the molecule is CCNC(=NCc1ccc(F)c(COC)c1)NCC1CCCN1CC.I. The van der Waals surface area contributed by atoms with E-state index in [4.69, 9.17) is 4.74 Å². The van der Waals surface area contributed by atoms with Crippen LogP contribution in [0.3, 0.4) is 0 Å². The summed E-state index contributed by atoms with van der Waals surface area (Å²) in [6.45, 7) is 9.05. The van der Waals surface area contributed by atoms with E-state index in [1.54, 1.807) is 13.2 Å². The number of nitrogens with one attached hydrogen (secondary N) is 2. The lowest BCUT2D eigenvalue weighted by molar-refractivity contribution is 0.181. The molecule has 1 aromatic rings. The molecule has 0 aromatic heterocycles. The Hall–Kier alpha value is -0.930. The van der Waals surface area contributed by atoms with E-state index in [0.717, 1.165) is 31.2 Å². The lowest BCUT2D eigenvalue weighted by Gasteiger charge is -2.24. The topological polar surface area (TPSA) is 48.9 Å². The lowest BCUT2D eigenvalue weighted by Crippen LogP contribution is -2.44. The highest BCUT2D eigenvalue weighted by Gasteiger charge is 2.22. The van der Waals surface area contributed by atoms with Gasteiger partial charge in [0.2, 0.25) is 0 Å². The van der Waals surface area contributed by atoms with Crippen LogP contribution in [0, 0.1) is 5.82 Å². The molecular weight excluding hydrogens is 446 g/mol. The van der Waals surface area contributed by atoms with E-state index in [9.17, 15) is 4.39 Å². The molecule has 1 aromatic carbocycles.